The molecule has 3 amide bonds. The van der Waals surface area contributed by atoms with E-state index >= 15 is 0 Å². The highest BCUT2D eigenvalue weighted by atomic mass is 16.7. The van der Waals surface area contributed by atoms with Gasteiger partial charge >= 0.3 is 0 Å². The Bertz CT molecular complexity index is 1200. The van der Waals surface area contributed by atoms with Crippen LogP contribution in [-0.4, -0.2) is 48.6 Å². The van der Waals surface area contributed by atoms with E-state index in [4.69, 9.17) is 9.57 Å². The van der Waals surface area contributed by atoms with Crippen molar-refractivity contribution in [1.82, 2.24) is 20.7 Å². The molecule has 0 aliphatic carbocycles. The fourth-order valence-corrected chi connectivity index (χ4v) is 4.01. The summed E-state index contributed by atoms with van der Waals surface area (Å²) in [5.74, 6) is -0.426. The molecular formula is C30H36N4O5. The number of rotatable bonds is 16. The van der Waals surface area contributed by atoms with Gasteiger partial charge in [-0.2, -0.15) is 0 Å². The maximum Gasteiger partial charge on any atom is 0.252 e. The number of hydrogen-bond donors (Lipinski definition) is 2. The fourth-order valence-electron chi connectivity index (χ4n) is 4.01. The van der Waals surface area contributed by atoms with Crippen LogP contribution in [0.25, 0.3) is 11.1 Å². The molecule has 1 aromatic heterocycles. The molecule has 0 spiro atoms. The fraction of sp³-hybridized carbons (Fsp3) is 0.333. The summed E-state index contributed by atoms with van der Waals surface area (Å²) >= 11 is 0. The van der Waals surface area contributed by atoms with Gasteiger partial charge in [0.1, 0.15) is 12.4 Å². The molecule has 0 saturated heterocycles. The van der Waals surface area contributed by atoms with Crippen molar-refractivity contribution >= 4 is 18.2 Å². The van der Waals surface area contributed by atoms with Gasteiger partial charge in [-0.1, -0.05) is 68.7 Å². The minimum absolute atomic E-state index is 0.0428. The number of methoxy groups -OCH3 is 1. The predicted octanol–water partition coefficient (Wildman–Crippen LogP) is 4.35. The standard InChI is InChI=1S/C30H36N4O5/c1-3-4-6-12-26(19-34(22-35)39-20-23-10-7-5-8-11-23)30(37)33-21-32-29(36)25-14-9-13-24(15-25)27-16-28(38-2)18-31-17-27/h5,7-11,13-18,22,26H,3-4,6,12,19-21H2,1-2H3,(H,32,36)(H,33,37). The Kier molecular flexibility index (Phi) is 11.9. The smallest absolute Gasteiger partial charge is 0.252 e. The van der Waals surface area contributed by atoms with Gasteiger partial charge in [-0.3, -0.25) is 24.2 Å². The van der Waals surface area contributed by atoms with Crippen molar-refractivity contribution in [3.63, 3.8) is 0 Å². The monoisotopic (exact) mass is 532 g/mol. The molecule has 39 heavy (non-hydrogen) atoms. The Labute approximate surface area is 229 Å². The van der Waals surface area contributed by atoms with Crippen molar-refractivity contribution < 1.29 is 24.0 Å². The highest BCUT2D eigenvalue weighted by Gasteiger charge is 2.22. The van der Waals surface area contributed by atoms with Gasteiger partial charge in [-0.05, 0) is 35.7 Å². The Balaban J connectivity index is 1.55. The number of hydroxylamine groups is 2. The van der Waals surface area contributed by atoms with E-state index in [1.807, 2.05) is 42.5 Å². The third-order valence-electron chi connectivity index (χ3n) is 6.20. The lowest BCUT2D eigenvalue weighted by Crippen LogP contribution is -2.43. The van der Waals surface area contributed by atoms with Gasteiger partial charge in [-0.15, -0.1) is 0 Å². The molecule has 3 aromatic rings. The van der Waals surface area contributed by atoms with Crippen molar-refractivity contribution in [2.75, 3.05) is 20.3 Å². The zero-order valence-electron chi connectivity index (χ0n) is 22.5. The molecule has 0 aliphatic rings. The molecule has 1 heterocycles. The zero-order valence-corrected chi connectivity index (χ0v) is 22.5. The van der Waals surface area contributed by atoms with Crippen LogP contribution in [0.1, 0.15) is 48.5 Å². The Morgan fingerprint density at radius 1 is 1.00 bits per heavy atom. The summed E-state index contributed by atoms with van der Waals surface area (Å²) in [4.78, 5) is 47.2. The lowest BCUT2D eigenvalue weighted by atomic mass is 10.00. The lowest BCUT2D eigenvalue weighted by molar-refractivity contribution is -0.182. The third-order valence-corrected chi connectivity index (χ3v) is 6.20. The summed E-state index contributed by atoms with van der Waals surface area (Å²) in [5, 5.41) is 6.69. The zero-order chi connectivity index (χ0) is 27.9. The maximum absolute atomic E-state index is 13.0. The number of pyridine rings is 1. The number of nitrogens with zero attached hydrogens (tertiary/aromatic N) is 2. The molecule has 0 fully saturated rings. The average Bonchev–Trinajstić information content (AvgIpc) is 2.98. The number of unbranched alkanes of at least 4 members (excludes halogenated alkanes) is 2. The average molecular weight is 533 g/mol. The number of carbonyl (C=O) groups is 3. The lowest BCUT2D eigenvalue weighted by Gasteiger charge is -2.23. The minimum atomic E-state index is -0.474. The second kappa shape index (κ2) is 15.9. The number of nitrogens with one attached hydrogen (secondary N) is 2. The number of aromatic nitrogens is 1. The summed E-state index contributed by atoms with van der Waals surface area (Å²) in [6.07, 6.45) is 7.34. The van der Waals surface area contributed by atoms with Crippen LogP contribution in [0, 0.1) is 5.92 Å². The molecule has 0 bridgehead atoms. The van der Waals surface area contributed by atoms with E-state index in [0.717, 1.165) is 36.0 Å². The van der Waals surface area contributed by atoms with Crippen LogP contribution in [0.2, 0.25) is 0 Å². The third kappa shape index (κ3) is 9.54. The van der Waals surface area contributed by atoms with Crippen LogP contribution < -0.4 is 15.4 Å². The van der Waals surface area contributed by atoms with Gasteiger partial charge in [0.05, 0.1) is 32.4 Å². The van der Waals surface area contributed by atoms with Crippen LogP contribution in [0.5, 0.6) is 5.75 Å². The highest BCUT2D eigenvalue weighted by molar-refractivity contribution is 5.95. The van der Waals surface area contributed by atoms with Crippen molar-refractivity contribution in [3.8, 4) is 16.9 Å². The molecule has 0 saturated carbocycles. The van der Waals surface area contributed by atoms with Crippen molar-refractivity contribution in [2.24, 2.45) is 5.92 Å². The number of amides is 3. The van der Waals surface area contributed by atoms with Gasteiger partial charge in [0.2, 0.25) is 12.3 Å². The van der Waals surface area contributed by atoms with Gasteiger partial charge in [0, 0.05) is 17.3 Å². The summed E-state index contributed by atoms with van der Waals surface area (Å²) < 4.78 is 5.23. The molecule has 206 valence electrons. The van der Waals surface area contributed by atoms with Crippen molar-refractivity contribution in [2.45, 2.75) is 39.2 Å². The van der Waals surface area contributed by atoms with E-state index in [1.165, 1.54) is 5.06 Å². The summed E-state index contributed by atoms with van der Waals surface area (Å²) in [5.41, 5.74) is 3.01. The highest BCUT2D eigenvalue weighted by Crippen LogP contribution is 2.23. The van der Waals surface area contributed by atoms with E-state index in [1.54, 1.807) is 37.7 Å². The Morgan fingerprint density at radius 3 is 2.56 bits per heavy atom. The molecular weight excluding hydrogens is 496 g/mol. The molecule has 9 heteroatoms. The topological polar surface area (TPSA) is 110 Å². The molecule has 2 N–H and O–H groups in total. The molecule has 9 nitrogen and oxygen atoms in total. The van der Waals surface area contributed by atoms with E-state index in [-0.39, 0.29) is 31.6 Å². The summed E-state index contributed by atoms with van der Waals surface area (Å²) in [6.45, 7) is 2.39. The second-order valence-corrected chi connectivity index (χ2v) is 9.07. The molecule has 1 atom stereocenters. The minimum Gasteiger partial charge on any atom is -0.495 e. The molecule has 0 aliphatic heterocycles. The van der Waals surface area contributed by atoms with Crippen LogP contribution in [0.15, 0.2) is 73.1 Å². The van der Waals surface area contributed by atoms with Crippen molar-refractivity contribution in [1.29, 1.82) is 0 Å². The van der Waals surface area contributed by atoms with E-state index in [9.17, 15) is 14.4 Å². The first-order valence-electron chi connectivity index (χ1n) is 13.1. The van der Waals surface area contributed by atoms with Crippen LogP contribution in [-0.2, 0) is 21.0 Å². The number of ether oxygens (including phenoxy) is 1. The molecule has 0 radical (unpaired) electrons. The quantitative estimate of drug-likeness (QED) is 0.123. The van der Waals surface area contributed by atoms with Gasteiger partial charge < -0.3 is 15.4 Å². The number of hydrogen-bond acceptors (Lipinski definition) is 6. The van der Waals surface area contributed by atoms with Crippen LogP contribution in [0.4, 0.5) is 0 Å². The van der Waals surface area contributed by atoms with Crippen LogP contribution in [0.3, 0.4) is 0 Å². The van der Waals surface area contributed by atoms with Crippen molar-refractivity contribution in [3.05, 3.63) is 84.2 Å². The Morgan fingerprint density at radius 2 is 1.82 bits per heavy atom. The Hall–Kier alpha value is -4.24. The van der Waals surface area contributed by atoms with Gasteiger partial charge in [-0.25, -0.2) is 5.06 Å². The largest absolute Gasteiger partial charge is 0.495 e. The molecule has 2 aromatic carbocycles. The van der Waals surface area contributed by atoms with Gasteiger partial charge in [0.25, 0.3) is 5.91 Å². The first-order chi connectivity index (χ1) is 19.0. The summed E-state index contributed by atoms with van der Waals surface area (Å²) in [6, 6.07) is 18.5. The van der Waals surface area contributed by atoms with E-state index in [2.05, 4.69) is 22.5 Å². The first kappa shape index (κ1) is 29.3. The maximum atomic E-state index is 13.0. The normalized spacial score (nSPS) is 11.3. The second-order valence-electron chi connectivity index (χ2n) is 9.07. The van der Waals surface area contributed by atoms with Crippen LogP contribution >= 0.6 is 0 Å². The number of benzene rings is 2. The van der Waals surface area contributed by atoms with Gasteiger partial charge in [0.15, 0.2) is 0 Å². The van der Waals surface area contributed by atoms with E-state index < -0.39 is 5.92 Å². The number of carbonyl (C=O) groups excluding carboxylic acids is 3. The molecule has 1 unspecified atom stereocenters. The summed E-state index contributed by atoms with van der Waals surface area (Å²) in [7, 11) is 1.57. The SMILES string of the molecule is CCCCCC(CN(C=O)OCc1ccccc1)C(=O)NCNC(=O)c1cccc(-c2cncc(OC)c2)c1. The first-order valence-corrected chi connectivity index (χ1v) is 13.1. The predicted molar refractivity (Wildman–Crippen MR) is 148 cm³/mol. The van der Waals surface area contributed by atoms with E-state index in [0.29, 0.717) is 24.1 Å². The molecule has 3 rings (SSSR count).